The number of carbonyl (C=O) groups excluding carboxylic acids is 1. The molecule has 1 aliphatic rings. The molecular formula is C25H29N3O3. The van der Waals surface area contributed by atoms with Gasteiger partial charge in [-0.1, -0.05) is 30.3 Å². The Bertz CT molecular complexity index is 1060. The minimum absolute atomic E-state index is 0.0638. The second-order valence-electron chi connectivity index (χ2n) is 7.80. The highest BCUT2D eigenvalue weighted by Gasteiger charge is 2.27. The first-order valence-electron chi connectivity index (χ1n) is 10.5. The third kappa shape index (κ3) is 4.30. The molecule has 0 aliphatic carbocycles. The van der Waals surface area contributed by atoms with Gasteiger partial charge in [0.1, 0.15) is 0 Å². The Kier molecular flexibility index (Phi) is 6.28. The molecule has 2 heterocycles. The van der Waals surface area contributed by atoms with Crippen molar-refractivity contribution < 1.29 is 14.3 Å². The molecule has 6 nitrogen and oxygen atoms in total. The van der Waals surface area contributed by atoms with Gasteiger partial charge in [-0.05, 0) is 41.8 Å². The van der Waals surface area contributed by atoms with Crippen molar-refractivity contribution in [3.63, 3.8) is 0 Å². The minimum atomic E-state index is -0.174. The Labute approximate surface area is 183 Å². The van der Waals surface area contributed by atoms with Crippen LogP contribution in [0.15, 0.2) is 60.8 Å². The molecule has 1 atom stereocenters. The Morgan fingerprint density at radius 1 is 1.03 bits per heavy atom. The van der Waals surface area contributed by atoms with Crippen LogP contribution in [-0.2, 0) is 20.0 Å². The Balaban J connectivity index is 1.56. The number of carbonyl (C=O) groups is 1. The number of methoxy groups -OCH3 is 2. The van der Waals surface area contributed by atoms with Crippen LogP contribution in [0.5, 0.6) is 11.5 Å². The molecule has 0 fully saturated rings. The summed E-state index contributed by atoms with van der Waals surface area (Å²) in [4.78, 5) is 15.5. The predicted molar refractivity (Wildman–Crippen MR) is 121 cm³/mol. The lowest BCUT2D eigenvalue weighted by atomic mass is 9.97. The summed E-state index contributed by atoms with van der Waals surface area (Å²) < 4.78 is 12.9. The second kappa shape index (κ2) is 9.27. The molecular weight excluding hydrogens is 390 g/mol. The Morgan fingerprint density at radius 2 is 1.84 bits per heavy atom. The Morgan fingerprint density at radius 3 is 2.55 bits per heavy atom. The Hall–Kier alpha value is -3.25. The van der Waals surface area contributed by atoms with Gasteiger partial charge in [0.2, 0.25) is 0 Å². The fraction of sp³-hybridized carbons (Fsp3) is 0.320. The molecule has 6 heteroatoms. The summed E-state index contributed by atoms with van der Waals surface area (Å²) in [6, 6.07) is 18.2. The number of para-hydroxylation sites is 1. The van der Waals surface area contributed by atoms with Gasteiger partial charge in [-0.15, -0.1) is 0 Å². The van der Waals surface area contributed by atoms with Crippen LogP contribution in [0.2, 0.25) is 0 Å². The van der Waals surface area contributed by atoms with Gasteiger partial charge in [0.15, 0.2) is 11.5 Å². The first-order valence-corrected chi connectivity index (χ1v) is 10.5. The van der Waals surface area contributed by atoms with Crippen molar-refractivity contribution in [3.8, 4) is 11.5 Å². The van der Waals surface area contributed by atoms with E-state index in [4.69, 9.17) is 9.47 Å². The lowest BCUT2D eigenvalue weighted by Crippen LogP contribution is -2.41. The van der Waals surface area contributed by atoms with Crippen molar-refractivity contribution >= 4 is 5.91 Å². The molecule has 0 radical (unpaired) electrons. The quantitative estimate of drug-likeness (QED) is 0.636. The van der Waals surface area contributed by atoms with E-state index in [1.165, 1.54) is 16.8 Å². The summed E-state index contributed by atoms with van der Waals surface area (Å²) >= 11 is 0. The van der Waals surface area contributed by atoms with Gasteiger partial charge in [0, 0.05) is 38.6 Å². The maximum absolute atomic E-state index is 13.1. The lowest BCUT2D eigenvalue weighted by molar-refractivity contribution is 0.0921. The van der Waals surface area contributed by atoms with E-state index in [0.717, 1.165) is 19.5 Å². The van der Waals surface area contributed by atoms with E-state index in [1.54, 1.807) is 32.4 Å². The van der Waals surface area contributed by atoms with Crippen LogP contribution in [0.3, 0.4) is 0 Å². The van der Waals surface area contributed by atoms with Gasteiger partial charge in [-0.2, -0.15) is 0 Å². The van der Waals surface area contributed by atoms with Crippen LogP contribution in [0.4, 0.5) is 0 Å². The van der Waals surface area contributed by atoms with Crippen molar-refractivity contribution in [2.24, 2.45) is 7.05 Å². The van der Waals surface area contributed by atoms with Crippen molar-refractivity contribution in [2.75, 3.05) is 27.3 Å². The topological polar surface area (TPSA) is 55.7 Å². The van der Waals surface area contributed by atoms with E-state index in [9.17, 15) is 4.79 Å². The number of nitrogens with one attached hydrogen (secondary N) is 1. The number of amides is 1. The number of rotatable bonds is 7. The summed E-state index contributed by atoms with van der Waals surface area (Å²) in [5.41, 5.74) is 4.41. The molecule has 3 aromatic rings. The van der Waals surface area contributed by atoms with E-state index in [2.05, 4.69) is 45.1 Å². The zero-order valence-corrected chi connectivity index (χ0v) is 18.3. The fourth-order valence-corrected chi connectivity index (χ4v) is 4.38. The van der Waals surface area contributed by atoms with Gasteiger partial charge >= 0.3 is 0 Å². The standard InChI is InChI=1S/C25H29N3O3/c1-27-14-7-11-21(27)22(28-15-13-18-8-4-5-9-19(18)17-28)16-26-25(29)20-10-6-12-23(30-2)24(20)31-3/h4-12,14,22H,13,15-17H2,1-3H3,(H,26,29)/t22-/m1/s1. The average molecular weight is 420 g/mol. The highest BCUT2D eigenvalue weighted by molar-refractivity contribution is 5.97. The molecule has 1 N–H and O–H groups in total. The van der Waals surface area contributed by atoms with E-state index in [-0.39, 0.29) is 11.9 Å². The molecule has 1 aliphatic heterocycles. The van der Waals surface area contributed by atoms with Crippen molar-refractivity contribution in [2.45, 2.75) is 19.0 Å². The molecule has 0 bridgehead atoms. The van der Waals surface area contributed by atoms with Crippen molar-refractivity contribution in [3.05, 3.63) is 83.2 Å². The van der Waals surface area contributed by atoms with Crippen molar-refractivity contribution in [1.82, 2.24) is 14.8 Å². The van der Waals surface area contributed by atoms with Crippen LogP contribution in [0.1, 0.15) is 33.2 Å². The van der Waals surface area contributed by atoms with Gasteiger partial charge < -0.3 is 19.4 Å². The van der Waals surface area contributed by atoms with Gasteiger partial charge in [0.05, 0.1) is 25.8 Å². The summed E-state index contributed by atoms with van der Waals surface area (Å²) in [5.74, 6) is 0.818. The monoisotopic (exact) mass is 419 g/mol. The second-order valence-corrected chi connectivity index (χ2v) is 7.80. The maximum atomic E-state index is 13.1. The van der Waals surface area contributed by atoms with E-state index >= 15 is 0 Å². The van der Waals surface area contributed by atoms with Gasteiger partial charge in [-0.3, -0.25) is 9.69 Å². The van der Waals surface area contributed by atoms with Crippen LogP contribution in [0, 0.1) is 0 Å². The molecule has 162 valence electrons. The summed E-state index contributed by atoms with van der Waals surface area (Å²) in [6.45, 7) is 2.31. The molecule has 0 saturated carbocycles. The highest BCUT2D eigenvalue weighted by atomic mass is 16.5. The van der Waals surface area contributed by atoms with Gasteiger partial charge in [-0.25, -0.2) is 0 Å². The maximum Gasteiger partial charge on any atom is 0.255 e. The third-order valence-corrected chi connectivity index (χ3v) is 6.03. The minimum Gasteiger partial charge on any atom is -0.493 e. The normalized spacial score (nSPS) is 14.5. The number of aromatic nitrogens is 1. The first kappa shape index (κ1) is 21.0. The number of hydrogen-bond acceptors (Lipinski definition) is 4. The molecule has 2 aromatic carbocycles. The van der Waals surface area contributed by atoms with Crippen molar-refractivity contribution in [1.29, 1.82) is 0 Å². The lowest BCUT2D eigenvalue weighted by Gasteiger charge is -2.36. The van der Waals surface area contributed by atoms with Crippen LogP contribution < -0.4 is 14.8 Å². The van der Waals surface area contributed by atoms with Crippen LogP contribution >= 0.6 is 0 Å². The highest BCUT2D eigenvalue weighted by Crippen LogP contribution is 2.31. The van der Waals surface area contributed by atoms with E-state index in [1.807, 2.05) is 19.3 Å². The summed E-state index contributed by atoms with van der Waals surface area (Å²) in [7, 11) is 5.17. The first-order chi connectivity index (χ1) is 15.1. The fourth-order valence-electron chi connectivity index (χ4n) is 4.38. The molecule has 1 amide bonds. The zero-order valence-electron chi connectivity index (χ0n) is 18.3. The molecule has 31 heavy (non-hydrogen) atoms. The smallest absolute Gasteiger partial charge is 0.255 e. The van der Waals surface area contributed by atoms with Gasteiger partial charge in [0.25, 0.3) is 5.91 Å². The SMILES string of the molecule is COc1cccc(C(=O)NC[C@H](c2cccn2C)N2CCc3ccccc3C2)c1OC. The number of aryl methyl sites for hydroxylation is 1. The summed E-state index contributed by atoms with van der Waals surface area (Å²) in [5, 5.41) is 3.13. The largest absolute Gasteiger partial charge is 0.493 e. The molecule has 4 rings (SSSR count). The number of ether oxygens (including phenoxy) is 2. The molecule has 1 aromatic heterocycles. The number of hydrogen-bond donors (Lipinski definition) is 1. The molecule has 0 unspecified atom stereocenters. The van der Waals surface area contributed by atoms with Crippen LogP contribution in [-0.4, -0.2) is 42.7 Å². The molecule has 0 saturated heterocycles. The predicted octanol–water partition coefficient (Wildman–Crippen LogP) is 3.57. The average Bonchev–Trinajstić information content (AvgIpc) is 3.23. The molecule has 0 spiro atoms. The van der Waals surface area contributed by atoms with Crippen LogP contribution in [0.25, 0.3) is 0 Å². The number of benzene rings is 2. The van der Waals surface area contributed by atoms with E-state index in [0.29, 0.717) is 23.6 Å². The zero-order chi connectivity index (χ0) is 21.8. The number of nitrogens with zero attached hydrogens (tertiary/aromatic N) is 2. The third-order valence-electron chi connectivity index (χ3n) is 6.03. The number of fused-ring (bicyclic) bond motifs is 1. The van der Waals surface area contributed by atoms with E-state index < -0.39 is 0 Å². The summed E-state index contributed by atoms with van der Waals surface area (Å²) in [6.07, 6.45) is 3.06.